The molecule has 0 aliphatic heterocycles. The summed E-state index contributed by atoms with van der Waals surface area (Å²) >= 11 is 0. The second-order valence-electron chi connectivity index (χ2n) is 4.68. The molecule has 0 aromatic heterocycles. The largest absolute Gasteiger partial charge is 0.496 e. The Morgan fingerprint density at radius 2 is 1.76 bits per heavy atom. The minimum Gasteiger partial charge on any atom is -0.496 e. The first-order valence-electron chi connectivity index (χ1n) is 6.08. The quantitative estimate of drug-likeness (QED) is 0.875. The molecule has 1 aliphatic rings. The lowest BCUT2D eigenvalue weighted by atomic mass is 9.78. The van der Waals surface area contributed by atoms with E-state index in [2.05, 4.69) is 0 Å². The van der Waals surface area contributed by atoms with E-state index in [1.807, 2.05) is 19.1 Å². The predicted octanol–water partition coefficient (Wildman–Crippen LogP) is 2.33. The number of aliphatic hydroxyl groups is 1. The molecule has 0 amide bonds. The number of hydrogen-bond acceptors (Lipinski definition) is 3. The smallest absolute Gasteiger partial charge is 0.122 e. The molecule has 0 bridgehead atoms. The van der Waals surface area contributed by atoms with Crippen molar-refractivity contribution in [3.63, 3.8) is 0 Å². The first kappa shape index (κ1) is 12.2. The normalized spacial score (nSPS) is 23.1. The lowest BCUT2D eigenvalue weighted by Gasteiger charge is -2.34. The van der Waals surface area contributed by atoms with Gasteiger partial charge in [0.05, 0.1) is 19.8 Å². The Labute approximate surface area is 102 Å². The topological polar surface area (TPSA) is 38.7 Å². The molecule has 1 unspecified atom stereocenters. The summed E-state index contributed by atoms with van der Waals surface area (Å²) < 4.78 is 10.8. The summed E-state index contributed by atoms with van der Waals surface area (Å²) in [5.41, 5.74) is 1.69. The van der Waals surface area contributed by atoms with Gasteiger partial charge in [-0.1, -0.05) is 6.92 Å². The first-order chi connectivity index (χ1) is 8.13. The predicted molar refractivity (Wildman–Crippen MR) is 66.8 cm³/mol. The fourth-order valence-electron chi connectivity index (χ4n) is 2.58. The van der Waals surface area contributed by atoms with Crippen LogP contribution in [0.5, 0.6) is 11.5 Å². The Morgan fingerprint density at radius 3 is 2.29 bits per heavy atom. The third-order valence-corrected chi connectivity index (χ3v) is 3.79. The molecule has 0 saturated carbocycles. The Hall–Kier alpha value is -1.22. The van der Waals surface area contributed by atoms with Gasteiger partial charge >= 0.3 is 0 Å². The highest BCUT2D eigenvalue weighted by Gasteiger charge is 2.33. The van der Waals surface area contributed by atoms with Crippen LogP contribution in [-0.4, -0.2) is 24.9 Å². The van der Waals surface area contributed by atoms with Crippen molar-refractivity contribution in [1.29, 1.82) is 0 Å². The molecule has 1 aromatic rings. The fourth-order valence-corrected chi connectivity index (χ4v) is 2.58. The third-order valence-electron chi connectivity index (χ3n) is 3.79. The van der Waals surface area contributed by atoms with Crippen molar-refractivity contribution >= 4 is 0 Å². The monoisotopic (exact) mass is 236 g/mol. The van der Waals surface area contributed by atoms with Crippen LogP contribution < -0.4 is 9.47 Å². The molecule has 2 rings (SSSR count). The van der Waals surface area contributed by atoms with Crippen LogP contribution in [0.15, 0.2) is 12.1 Å². The van der Waals surface area contributed by atoms with E-state index >= 15 is 0 Å². The lowest BCUT2D eigenvalue weighted by Crippen LogP contribution is -2.35. The van der Waals surface area contributed by atoms with Gasteiger partial charge in [-0.2, -0.15) is 0 Å². The van der Waals surface area contributed by atoms with Crippen molar-refractivity contribution in [3.05, 3.63) is 23.3 Å². The van der Waals surface area contributed by atoms with Gasteiger partial charge in [0.15, 0.2) is 0 Å². The Kier molecular flexibility index (Phi) is 3.29. The summed E-state index contributed by atoms with van der Waals surface area (Å²) in [5, 5.41) is 10.4. The zero-order valence-electron chi connectivity index (χ0n) is 10.7. The van der Waals surface area contributed by atoms with Crippen molar-refractivity contribution in [3.8, 4) is 11.5 Å². The van der Waals surface area contributed by atoms with Crippen molar-refractivity contribution in [1.82, 2.24) is 0 Å². The molecule has 17 heavy (non-hydrogen) atoms. The fraction of sp³-hybridized carbons (Fsp3) is 0.571. The van der Waals surface area contributed by atoms with E-state index in [0.717, 1.165) is 36.3 Å². The van der Waals surface area contributed by atoms with Crippen LogP contribution in [0.4, 0.5) is 0 Å². The second-order valence-corrected chi connectivity index (χ2v) is 4.68. The van der Waals surface area contributed by atoms with Gasteiger partial charge in [-0.05, 0) is 31.4 Å². The second kappa shape index (κ2) is 4.57. The summed E-state index contributed by atoms with van der Waals surface area (Å²) in [7, 11) is 3.35. The molecule has 0 fully saturated rings. The molecular weight excluding hydrogens is 216 g/mol. The maximum atomic E-state index is 10.4. The summed E-state index contributed by atoms with van der Waals surface area (Å²) in [6, 6.07) is 3.85. The highest BCUT2D eigenvalue weighted by atomic mass is 16.5. The van der Waals surface area contributed by atoms with E-state index in [4.69, 9.17) is 9.47 Å². The van der Waals surface area contributed by atoms with Crippen LogP contribution in [-0.2, 0) is 12.8 Å². The van der Waals surface area contributed by atoms with E-state index in [1.165, 1.54) is 5.56 Å². The average molecular weight is 236 g/mol. The van der Waals surface area contributed by atoms with Gasteiger partial charge in [0.25, 0.3) is 0 Å². The molecule has 1 aliphatic carbocycles. The minimum absolute atomic E-state index is 0.591. The Morgan fingerprint density at radius 1 is 1.18 bits per heavy atom. The van der Waals surface area contributed by atoms with E-state index in [9.17, 15) is 5.11 Å². The van der Waals surface area contributed by atoms with E-state index in [1.54, 1.807) is 14.2 Å². The Balaban J connectivity index is 2.47. The number of hydrogen-bond donors (Lipinski definition) is 1. The number of rotatable bonds is 3. The lowest BCUT2D eigenvalue weighted by molar-refractivity contribution is 0.0216. The van der Waals surface area contributed by atoms with E-state index < -0.39 is 5.60 Å². The van der Waals surface area contributed by atoms with E-state index in [-0.39, 0.29) is 0 Å². The zero-order chi connectivity index (χ0) is 12.5. The van der Waals surface area contributed by atoms with Gasteiger partial charge in [-0.15, -0.1) is 0 Å². The number of ether oxygens (including phenoxy) is 2. The van der Waals surface area contributed by atoms with Gasteiger partial charge in [0, 0.05) is 17.5 Å². The van der Waals surface area contributed by atoms with Crippen LogP contribution in [0, 0.1) is 0 Å². The first-order valence-corrected chi connectivity index (χ1v) is 6.08. The average Bonchev–Trinajstić information content (AvgIpc) is 2.37. The van der Waals surface area contributed by atoms with Crippen molar-refractivity contribution in [2.24, 2.45) is 0 Å². The molecular formula is C14H20O3. The number of benzene rings is 1. The molecule has 3 heteroatoms. The molecule has 0 heterocycles. The molecule has 1 aromatic carbocycles. The van der Waals surface area contributed by atoms with Gasteiger partial charge in [-0.3, -0.25) is 0 Å². The molecule has 0 spiro atoms. The van der Waals surface area contributed by atoms with Crippen LogP contribution in [0.2, 0.25) is 0 Å². The minimum atomic E-state index is -0.591. The van der Waals surface area contributed by atoms with Gasteiger partial charge in [0.2, 0.25) is 0 Å². The zero-order valence-corrected chi connectivity index (χ0v) is 10.7. The van der Waals surface area contributed by atoms with Crippen LogP contribution in [0.1, 0.15) is 30.9 Å². The maximum absolute atomic E-state index is 10.4. The summed E-state index contributed by atoms with van der Waals surface area (Å²) in [6.07, 6.45) is 3.06. The van der Waals surface area contributed by atoms with Crippen LogP contribution >= 0.6 is 0 Å². The molecule has 0 radical (unpaired) electrons. The van der Waals surface area contributed by atoms with Gasteiger partial charge < -0.3 is 14.6 Å². The number of methoxy groups -OCH3 is 2. The summed E-state index contributed by atoms with van der Waals surface area (Å²) in [4.78, 5) is 0. The standard InChI is InChI=1S/C14H20O3/c1-4-14(15)8-7-10-11(9-14)13(17-3)6-5-12(10)16-2/h5-6,15H,4,7-9H2,1-3H3. The van der Waals surface area contributed by atoms with Crippen molar-refractivity contribution in [2.45, 2.75) is 38.2 Å². The summed E-state index contributed by atoms with van der Waals surface area (Å²) in [6.45, 7) is 2.03. The van der Waals surface area contributed by atoms with Crippen molar-refractivity contribution < 1.29 is 14.6 Å². The Bertz CT molecular complexity index is 414. The SMILES string of the molecule is CCC1(O)CCc2c(OC)ccc(OC)c2C1. The van der Waals surface area contributed by atoms with Crippen LogP contribution in [0.3, 0.4) is 0 Å². The molecule has 0 saturated heterocycles. The number of fused-ring (bicyclic) bond motifs is 1. The molecule has 1 atom stereocenters. The highest BCUT2D eigenvalue weighted by molar-refractivity contribution is 5.50. The summed E-state index contributed by atoms with van der Waals surface area (Å²) in [5.74, 6) is 1.76. The molecule has 1 N–H and O–H groups in total. The van der Waals surface area contributed by atoms with Crippen molar-refractivity contribution in [2.75, 3.05) is 14.2 Å². The van der Waals surface area contributed by atoms with E-state index in [0.29, 0.717) is 6.42 Å². The van der Waals surface area contributed by atoms with Crippen LogP contribution in [0.25, 0.3) is 0 Å². The highest BCUT2D eigenvalue weighted by Crippen LogP contribution is 2.40. The molecule has 3 nitrogen and oxygen atoms in total. The third kappa shape index (κ3) is 2.12. The van der Waals surface area contributed by atoms with Gasteiger partial charge in [-0.25, -0.2) is 0 Å². The van der Waals surface area contributed by atoms with Gasteiger partial charge in [0.1, 0.15) is 11.5 Å². The maximum Gasteiger partial charge on any atom is 0.122 e. The molecule has 94 valence electrons.